The summed E-state index contributed by atoms with van der Waals surface area (Å²) in [5, 5.41) is 13.3. The third-order valence-electron chi connectivity index (χ3n) is 3.39. The van der Waals surface area contributed by atoms with Crippen molar-refractivity contribution >= 4 is 17.4 Å². The number of halogens is 1. The average molecular weight is 292 g/mol. The highest BCUT2D eigenvalue weighted by Crippen LogP contribution is 2.28. The maximum Gasteiger partial charge on any atom is 0.171 e. The van der Waals surface area contributed by atoms with E-state index >= 15 is 0 Å². The maximum atomic E-state index is 9.76. The van der Waals surface area contributed by atoms with E-state index in [0.29, 0.717) is 11.0 Å². The predicted octanol–water partition coefficient (Wildman–Crippen LogP) is 3.07. The Kier molecular flexibility index (Phi) is 4.26. The number of nitrogens with one attached hydrogen (secondary N) is 1. The highest BCUT2D eigenvalue weighted by Gasteiger charge is 2.27. The van der Waals surface area contributed by atoms with Gasteiger partial charge in [-0.15, -0.1) is 0 Å². The van der Waals surface area contributed by atoms with Gasteiger partial charge in [-0.2, -0.15) is 0 Å². The molecule has 0 fully saturated rings. The Bertz CT molecular complexity index is 604. The molecule has 1 heterocycles. The van der Waals surface area contributed by atoms with Gasteiger partial charge in [0.2, 0.25) is 0 Å². The van der Waals surface area contributed by atoms with E-state index in [-0.39, 0.29) is 6.61 Å². The van der Waals surface area contributed by atoms with Crippen LogP contribution in [-0.4, -0.2) is 21.7 Å². The molecule has 1 atom stereocenters. The highest BCUT2D eigenvalue weighted by atomic mass is 35.5. The topological polar surface area (TPSA) is 58.0 Å². The summed E-state index contributed by atoms with van der Waals surface area (Å²) in [4.78, 5) is 8.66. The third kappa shape index (κ3) is 2.92. The van der Waals surface area contributed by atoms with Gasteiger partial charge in [-0.3, -0.25) is 0 Å². The van der Waals surface area contributed by atoms with E-state index in [1.165, 1.54) is 0 Å². The molecule has 0 aliphatic rings. The quantitative estimate of drug-likeness (QED) is 0.909. The van der Waals surface area contributed by atoms with Gasteiger partial charge in [0.25, 0.3) is 0 Å². The second-order valence-electron chi connectivity index (χ2n) is 5.02. The van der Waals surface area contributed by atoms with Crippen LogP contribution in [0.4, 0.5) is 5.82 Å². The molecule has 2 aromatic rings. The van der Waals surface area contributed by atoms with Crippen molar-refractivity contribution < 1.29 is 5.11 Å². The van der Waals surface area contributed by atoms with Crippen LogP contribution < -0.4 is 5.32 Å². The van der Waals surface area contributed by atoms with Gasteiger partial charge in [0.05, 0.1) is 23.5 Å². The fourth-order valence-corrected chi connectivity index (χ4v) is 2.14. The lowest BCUT2D eigenvalue weighted by molar-refractivity contribution is 0.223. The van der Waals surface area contributed by atoms with E-state index in [1.807, 2.05) is 51.1 Å². The minimum absolute atomic E-state index is 0.0814. The number of aliphatic hydroxyl groups excluding tert-OH is 1. The Labute approximate surface area is 123 Å². The number of aryl methyl sites for hydroxylation is 2. The normalized spacial score (nSPS) is 13.8. The van der Waals surface area contributed by atoms with Gasteiger partial charge in [-0.25, -0.2) is 9.97 Å². The molecule has 5 heteroatoms. The van der Waals surface area contributed by atoms with Crippen LogP contribution >= 0.6 is 11.6 Å². The standard InChI is InChI=1S/C15H18ClN3O/c1-10-11(2)18-14(13(16)17-10)19-15(3,9-20)12-7-5-4-6-8-12/h4-8,20H,9H2,1-3H3,(H,18,19). The zero-order valence-electron chi connectivity index (χ0n) is 11.8. The smallest absolute Gasteiger partial charge is 0.171 e. The van der Waals surface area contributed by atoms with Crippen LogP contribution in [0.3, 0.4) is 0 Å². The first-order valence-corrected chi connectivity index (χ1v) is 6.79. The molecule has 2 rings (SSSR count). The number of rotatable bonds is 4. The monoisotopic (exact) mass is 291 g/mol. The van der Waals surface area contributed by atoms with Gasteiger partial charge in [0, 0.05) is 0 Å². The number of benzene rings is 1. The summed E-state index contributed by atoms with van der Waals surface area (Å²) in [6.07, 6.45) is 0. The molecule has 0 radical (unpaired) electrons. The Morgan fingerprint density at radius 2 is 1.75 bits per heavy atom. The summed E-state index contributed by atoms with van der Waals surface area (Å²) in [7, 11) is 0. The molecule has 0 spiro atoms. The molecule has 2 N–H and O–H groups in total. The van der Waals surface area contributed by atoms with E-state index in [0.717, 1.165) is 17.0 Å². The van der Waals surface area contributed by atoms with E-state index in [9.17, 15) is 5.11 Å². The fourth-order valence-electron chi connectivity index (χ4n) is 1.93. The number of nitrogens with zero attached hydrogens (tertiary/aromatic N) is 2. The van der Waals surface area contributed by atoms with Crippen LogP contribution in [0, 0.1) is 13.8 Å². The second kappa shape index (κ2) is 5.77. The molecule has 1 aromatic carbocycles. The summed E-state index contributed by atoms with van der Waals surface area (Å²) in [5.74, 6) is 0.482. The lowest BCUT2D eigenvalue weighted by atomic mass is 9.93. The Balaban J connectivity index is 2.38. The second-order valence-corrected chi connectivity index (χ2v) is 5.37. The first-order chi connectivity index (χ1) is 9.46. The van der Waals surface area contributed by atoms with E-state index in [2.05, 4.69) is 15.3 Å². The van der Waals surface area contributed by atoms with Crippen molar-refractivity contribution in [3.63, 3.8) is 0 Å². The van der Waals surface area contributed by atoms with Crippen molar-refractivity contribution in [1.82, 2.24) is 9.97 Å². The first-order valence-electron chi connectivity index (χ1n) is 6.41. The highest BCUT2D eigenvalue weighted by molar-refractivity contribution is 6.31. The summed E-state index contributed by atoms with van der Waals surface area (Å²) >= 11 is 6.13. The maximum absolute atomic E-state index is 9.76. The number of hydrogen-bond acceptors (Lipinski definition) is 4. The Morgan fingerprint density at radius 1 is 1.15 bits per heavy atom. The minimum atomic E-state index is -0.665. The summed E-state index contributed by atoms with van der Waals surface area (Å²) < 4.78 is 0. The lowest BCUT2D eigenvalue weighted by Crippen LogP contribution is -2.36. The van der Waals surface area contributed by atoms with Gasteiger partial charge >= 0.3 is 0 Å². The van der Waals surface area contributed by atoms with Gasteiger partial charge < -0.3 is 10.4 Å². The SMILES string of the molecule is Cc1nc(Cl)c(NC(C)(CO)c2ccccc2)nc1C. The van der Waals surface area contributed by atoms with Crippen LogP contribution in [0.15, 0.2) is 30.3 Å². The van der Waals surface area contributed by atoms with Crippen molar-refractivity contribution in [2.24, 2.45) is 0 Å². The third-order valence-corrected chi connectivity index (χ3v) is 3.65. The van der Waals surface area contributed by atoms with Gasteiger partial charge in [-0.1, -0.05) is 41.9 Å². The number of aromatic nitrogens is 2. The van der Waals surface area contributed by atoms with Gasteiger partial charge in [-0.05, 0) is 26.3 Å². The van der Waals surface area contributed by atoms with Gasteiger partial charge in [0.1, 0.15) is 0 Å². The molecule has 106 valence electrons. The molecule has 0 amide bonds. The zero-order chi connectivity index (χ0) is 14.8. The molecule has 20 heavy (non-hydrogen) atoms. The van der Waals surface area contributed by atoms with E-state index in [1.54, 1.807) is 0 Å². The van der Waals surface area contributed by atoms with Gasteiger partial charge in [0.15, 0.2) is 11.0 Å². The minimum Gasteiger partial charge on any atom is -0.394 e. The largest absolute Gasteiger partial charge is 0.394 e. The molecule has 0 aliphatic heterocycles. The zero-order valence-corrected chi connectivity index (χ0v) is 12.6. The first kappa shape index (κ1) is 14.8. The van der Waals surface area contributed by atoms with Crippen molar-refractivity contribution in [3.8, 4) is 0 Å². The van der Waals surface area contributed by atoms with Crippen LogP contribution in [0.5, 0.6) is 0 Å². The lowest BCUT2D eigenvalue weighted by Gasteiger charge is -2.30. The van der Waals surface area contributed by atoms with E-state index < -0.39 is 5.54 Å². The van der Waals surface area contributed by atoms with Crippen LogP contribution in [-0.2, 0) is 5.54 Å². The molecule has 0 saturated carbocycles. The van der Waals surface area contributed by atoms with Crippen molar-refractivity contribution in [2.45, 2.75) is 26.3 Å². The average Bonchev–Trinajstić information content (AvgIpc) is 2.45. The van der Waals surface area contributed by atoms with Crippen molar-refractivity contribution in [1.29, 1.82) is 0 Å². The summed E-state index contributed by atoms with van der Waals surface area (Å²) in [6, 6.07) is 9.69. The van der Waals surface area contributed by atoms with Crippen LogP contribution in [0.2, 0.25) is 5.15 Å². The predicted molar refractivity (Wildman–Crippen MR) is 81.0 cm³/mol. The number of aliphatic hydroxyl groups is 1. The van der Waals surface area contributed by atoms with Crippen LogP contribution in [0.25, 0.3) is 0 Å². The fraction of sp³-hybridized carbons (Fsp3) is 0.333. The number of anilines is 1. The van der Waals surface area contributed by atoms with Crippen molar-refractivity contribution in [3.05, 3.63) is 52.4 Å². The molecule has 1 unspecified atom stereocenters. The number of hydrogen-bond donors (Lipinski definition) is 2. The summed E-state index contributed by atoms with van der Waals surface area (Å²) in [6.45, 7) is 5.56. The molecule has 0 saturated heterocycles. The Hall–Kier alpha value is -1.65. The molecular weight excluding hydrogens is 274 g/mol. The molecule has 1 aromatic heterocycles. The molecular formula is C15H18ClN3O. The van der Waals surface area contributed by atoms with E-state index in [4.69, 9.17) is 11.6 Å². The summed E-state index contributed by atoms with van der Waals surface area (Å²) in [5.41, 5.74) is 1.90. The molecule has 4 nitrogen and oxygen atoms in total. The van der Waals surface area contributed by atoms with Crippen molar-refractivity contribution in [2.75, 3.05) is 11.9 Å². The molecule has 0 bridgehead atoms. The Morgan fingerprint density at radius 3 is 2.35 bits per heavy atom. The van der Waals surface area contributed by atoms with Crippen LogP contribution in [0.1, 0.15) is 23.9 Å². The molecule has 0 aliphatic carbocycles.